The van der Waals surface area contributed by atoms with Gasteiger partial charge >= 0.3 is 5.97 Å². The fourth-order valence-corrected chi connectivity index (χ4v) is 6.05. The number of phenols is 1. The van der Waals surface area contributed by atoms with Crippen LogP contribution in [0.5, 0.6) is 5.75 Å². The lowest BCUT2D eigenvalue weighted by Crippen LogP contribution is -2.32. The predicted molar refractivity (Wildman–Crippen MR) is 130 cm³/mol. The second kappa shape index (κ2) is 9.54. The van der Waals surface area contributed by atoms with E-state index >= 15 is 0 Å². The fraction of sp³-hybridized carbons (Fsp3) is 0.393. The molecule has 32 heavy (non-hydrogen) atoms. The lowest BCUT2D eigenvalue weighted by molar-refractivity contribution is -0.135. The van der Waals surface area contributed by atoms with E-state index < -0.39 is 5.97 Å². The Morgan fingerprint density at radius 2 is 1.59 bits per heavy atom. The van der Waals surface area contributed by atoms with Crippen molar-refractivity contribution in [2.45, 2.75) is 39.5 Å². The Hall–Kier alpha value is -2.52. The molecule has 1 N–H and O–H groups in total. The zero-order chi connectivity index (χ0) is 22.8. The first-order chi connectivity index (χ1) is 15.4. The van der Waals surface area contributed by atoms with Gasteiger partial charge in [0.1, 0.15) is 10.8 Å². The smallest absolute Gasteiger partial charge is 0.349 e. The van der Waals surface area contributed by atoms with Crippen molar-refractivity contribution < 1.29 is 14.6 Å². The van der Waals surface area contributed by atoms with Gasteiger partial charge in [-0.1, -0.05) is 67.4 Å². The van der Waals surface area contributed by atoms with Gasteiger partial charge in [-0.3, -0.25) is 0 Å². The molecule has 2 aliphatic rings. The SMILES string of the molecule is COC(=O)/C(Cl)=C/c1ccc(/C(=C2/C(C)CC3CC(C)CC2C3)c2ccc(O)cc2)cc1. The third kappa shape index (κ3) is 4.78. The maximum Gasteiger partial charge on any atom is 0.349 e. The molecule has 4 heteroatoms. The number of phenolic OH excluding ortho intramolecular Hbond substituents is 1. The summed E-state index contributed by atoms with van der Waals surface area (Å²) in [6.07, 6.45) is 6.74. The van der Waals surface area contributed by atoms with Crippen LogP contribution in [-0.4, -0.2) is 18.2 Å². The fourth-order valence-electron chi connectivity index (χ4n) is 5.85. The summed E-state index contributed by atoms with van der Waals surface area (Å²) in [6.45, 7) is 4.76. The van der Waals surface area contributed by atoms with Crippen LogP contribution in [0.3, 0.4) is 0 Å². The molecule has 2 bridgehead atoms. The molecule has 4 unspecified atom stereocenters. The van der Waals surface area contributed by atoms with E-state index in [0.29, 0.717) is 11.8 Å². The van der Waals surface area contributed by atoms with Crippen LogP contribution in [0, 0.1) is 23.7 Å². The highest BCUT2D eigenvalue weighted by atomic mass is 35.5. The first-order valence-electron chi connectivity index (χ1n) is 11.4. The zero-order valence-corrected chi connectivity index (χ0v) is 19.7. The van der Waals surface area contributed by atoms with Crippen molar-refractivity contribution in [2.24, 2.45) is 23.7 Å². The number of esters is 1. The van der Waals surface area contributed by atoms with E-state index in [1.807, 2.05) is 24.3 Å². The summed E-state index contributed by atoms with van der Waals surface area (Å²) in [6, 6.07) is 15.8. The van der Waals surface area contributed by atoms with Gasteiger partial charge in [0.25, 0.3) is 0 Å². The Morgan fingerprint density at radius 1 is 0.969 bits per heavy atom. The van der Waals surface area contributed by atoms with E-state index in [-0.39, 0.29) is 10.8 Å². The molecule has 0 amide bonds. The molecule has 168 valence electrons. The van der Waals surface area contributed by atoms with E-state index in [0.717, 1.165) is 28.5 Å². The minimum Gasteiger partial charge on any atom is -0.508 e. The number of carbonyl (C=O) groups excluding carboxylic acids is 1. The summed E-state index contributed by atoms with van der Waals surface area (Å²) in [5.74, 6) is 2.46. The Morgan fingerprint density at radius 3 is 2.22 bits per heavy atom. The molecule has 0 heterocycles. The standard InChI is InChI=1S/C28H31ClO3/c1-17-12-20-14-18(2)26(23(13-17)15-20)27(22-8-10-24(30)11-9-22)21-6-4-19(5-7-21)16-25(29)28(31)32-3/h4-11,16-18,20,23,30H,12-15H2,1-3H3/b25-16-,27-26+. The van der Waals surface area contributed by atoms with Crippen LogP contribution in [0.4, 0.5) is 0 Å². The normalized spacial score (nSPS) is 27.1. The third-order valence-electron chi connectivity index (χ3n) is 7.02. The summed E-state index contributed by atoms with van der Waals surface area (Å²) >= 11 is 6.05. The van der Waals surface area contributed by atoms with Gasteiger partial charge in [0.15, 0.2) is 0 Å². The van der Waals surface area contributed by atoms with E-state index in [2.05, 4.69) is 30.7 Å². The maximum atomic E-state index is 11.6. The van der Waals surface area contributed by atoms with Crippen molar-refractivity contribution in [3.8, 4) is 5.75 Å². The molecular weight excluding hydrogens is 420 g/mol. The molecule has 0 saturated heterocycles. The number of methoxy groups -OCH3 is 1. The summed E-state index contributed by atoms with van der Waals surface area (Å²) in [5.41, 5.74) is 5.97. The monoisotopic (exact) mass is 450 g/mol. The highest BCUT2D eigenvalue weighted by molar-refractivity contribution is 6.43. The second-order valence-corrected chi connectivity index (χ2v) is 9.90. The Kier molecular flexibility index (Phi) is 6.76. The van der Waals surface area contributed by atoms with Gasteiger partial charge in [-0.15, -0.1) is 0 Å². The first-order valence-corrected chi connectivity index (χ1v) is 11.8. The van der Waals surface area contributed by atoms with Gasteiger partial charge < -0.3 is 9.84 Å². The van der Waals surface area contributed by atoms with Crippen LogP contribution in [0.1, 0.15) is 56.2 Å². The van der Waals surface area contributed by atoms with Gasteiger partial charge in [-0.05, 0) is 89.8 Å². The van der Waals surface area contributed by atoms with Crippen molar-refractivity contribution in [1.82, 2.24) is 0 Å². The van der Waals surface area contributed by atoms with E-state index in [1.165, 1.54) is 38.4 Å². The maximum absolute atomic E-state index is 11.6. The number of hydrogen-bond acceptors (Lipinski definition) is 3. The summed E-state index contributed by atoms with van der Waals surface area (Å²) in [4.78, 5) is 11.6. The van der Waals surface area contributed by atoms with Crippen LogP contribution >= 0.6 is 11.6 Å². The quantitative estimate of drug-likeness (QED) is 0.401. The molecule has 0 aromatic heterocycles. The molecule has 4 atom stereocenters. The molecule has 3 nitrogen and oxygen atoms in total. The van der Waals surface area contributed by atoms with Gasteiger partial charge in [0.2, 0.25) is 0 Å². The van der Waals surface area contributed by atoms with Crippen LogP contribution in [0.25, 0.3) is 11.6 Å². The van der Waals surface area contributed by atoms with Crippen LogP contribution in [-0.2, 0) is 9.53 Å². The number of rotatable bonds is 4. The number of allylic oxidation sites excluding steroid dienone is 1. The molecular formula is C28H31ClO3. The first kappa shape index (κ1) is 22.7. The molecule has 2 aliphatic carbocycles. The minimum atomic E-state index is -0.542. The molecule has 2 saturated carbocycles. The molecule has 0 aliphatic heterocycles. The Bertz CT molecular complexity index is 1030. The Balaban J connectivity index is 1.80. The van der Waals surface area contributed by atoms with E-state index in [1.54, 1.807) is 23.8 Å². The number of aromatic hydroxyl groups is 1. The highest BCUT2D eigenvalue weighted by Crippen LogP contribution is 2.51. The van der Waals surface area contributed by atoms with Crippen LogP contribution < -0.4 is 0 Å². The summed E-state index contributed by atoms with van der Waals surface area (Å²) in [5, 5.41) is 9.92. The number of ether oxygens (including phenoxy) is 1. The average Bonchev–Trinajstić information content (AvgIpc) is 2.77. The van der Waals surface area contributed by atoms with Gasteiger partial charge in [0, 0.05) is 0 Å². The van der Waals surface area contributed by atoms with Crippen molar-refractivity contribution >= 4 is 29.2 Å². The van der Waals surface area contributed by atoms with Crippen molar-refractivity contribution in [3.63, 3.8) is 0 Å². The van der Waals surface area contributed by atoms with Gasteiger partial charge in [-0.25, -0.2) is 4.79 Å². The predicted octanol–water partition coefficient (Wildman–Crippen LogP) is 7.04. The number of benzene rings is 2. The lowest BCUT2D eigenvalue weighted by Gasteiger charge is -2.44. The minimum absolute atomic E-state index is 0.0560. The van der Waals surface area contributed by atoms with Gasteiger partial charge in [-0.2, -0.15) is 0 Å². The molecule has 4 rings (SSSR count). The lowest BCUT2D eigenvalue weighted by atomic mass is 9.61. The third-order valence-corrected chi connectivity index (χ3v) is 7.28. The van der Waals surface area contributed by atoms with E-state index in [4.69, 9.17) is 11.6 Å². The van der Waals surface area contributed by atoms with E-state index in [9.17, 15) is 9.90 Å². The van der Waals surface area contributed by atoms with Crippen molar-refractivity contribution in [3.05, 3.63) is 75.8 Å². The Labute approximate surface area is 195 Å². The molecule has 2 aromatic rings. The second-order valence-electron chi connectivity index (χ2n) is 9.50. The largest absolute Gasteiger partial charge is 0.508 e. The highest BCUT2D eigenvalue weighted by Gasteiger charge is 2.38. The molecule has 0 radical (unpaired) electrons. The summed E-state index contributed by atoms with van der Waals surface area (Å²) < 4.78 is 4.68. The molecule has 2 aromatic carbocycles. The number of halogens is 1. The average molecular weight is 451 g/mol. The summed E-state index contributed by atoms with van der Waals surface area (Å²) in [7, 11) is 1.32. The molecule has 0 spiro atoms. The number of hydrogen-bond donors (Lipinski definition) is 1. The number of carbonyl (C=O) groups is 1. The zero-order valence-electron chi connectivity index (χ0n) is 19.0. The van der Waals surface area contributed by atoms with Crippen molar-refractivity contribution in [1.29, 1.82) is 0 Å². The molecule has 2 fully saturated rings. The van der Waals surface area contributed by atoms with Gasteiger partial charge in [0.05, 0.1) is 7.11 Å². The topological polar surface area (TPSA) is 46.5 Å². The van der Waals surface area contributed by atoms with Crippen LogP contribution in [0.2, 0.25) is 0 Å². The van der Waals surface area contributed by atoms with Crippen molar-refractivity contribution in [2.75, 3.05) is 7.11 Å². The number of fused-ring (bicyclic) bond motifs is 2. The van der Waals surface area contributed by atoms with Crippen LogP contribution in [0.15, 0.2) is 59.1 Å².